The third-order valence-electron chi connectivity index (χ3n) is 3.42. The Morgan fingerprint density at radius 2 is 2.32 bits per heavy atom. The van der Waals surface area contributed by atoms with Gasteiger partial charge in [0.15, 0.2) is 0 Å². The van der Waals surface area contributed by atoms with E-state index in [4.69, 9.17) is 10.4 Å². The number of nitriles is 1. The van der Waals surface area contributed by atoms with Gasteiger partial charge in [0.05, 0.1) is 23.7 Å². The summed E-state index contributed by atoms with van der Waals surface area (Å²) in [7, 11) is 0. The maximum Gasteiger partial charge on any atom is 0.305 e. The van der Waals surface area contributed by atoms with Gasteiger partial charge in [-0.3, -0.25) is 4.79 Å². The Hall–Kier alpha value is -1.54. The van der Waals surface area contributed by atoms with Crippen LogP contribution < -0.4 is 4.90 Å². The molecule has 1 aromatic rings. The fourth-order valence-electron chi connectivity index (χ4n) is 2.54. The highest BCUT2D eigenvalue weighted by Gasteiger charge is 2.26. The molecule has 1 heterocycles. The number of carbonyl (C=O) groups is 1. The molecule has 1 aliphatic rings. The average Bonchev–Trinajstić information content (AvgIpc) is 2.39. The van der Waals surface area contributed by atoms with E-state index in [0.29, 0.717) is 5.56 Å². The maximum atomic E-state index is 10.9. The molecular formula is C14H15BrN2O2. The number of anilines is 1. The minimum absolute atomic E-state index is 0.0375. The fraction of sp³-hybridized carbons (Fsp3) is 0.429. The third kappa shape index (κ3) is 3.27. The Balaban J connectivity index is 2.27. The van der Waals surface area contributed by atoms with E-state index in [0.717, 1.165) is 36.0 Å². The second kappa shape index (κ2) is 6.07. The molecular weight excluding hydrogens is 308 g/mol. The van der Waals surface area contributed by atoms with E-state index in [2.05, 4.69) is 26.9 Å². The van der Waals surface area contributed by atoms with Crippen molar-refractivity contribution in [3.63, 3.8) is 0 Å². The zero-order valence-corrected chi connectivity index (χ0v) is 12.1. The van der Waals surface area contributed by atoms with E-state index in [1.54, 1.807) is 12.1 Å². The maximum absolute atomic E-state index is 10.9. The lowest BCUT2D eigenvalue weighted by atomic mass is 9.98. The SMILES string of the molecule is N#Cc1ccc(N2CCCCC2CC(=O)O)c(Br)c1. The van der Waals surface area contributed by atoms with Crippen LogP contribution in [0.1, 0.15) is 31.2 Å². The zero-order valence-electron chi connectivity index (χ0n) is 10.5. The summed E-state index contributed by atoms with van der Waals surface area (Å²) in [6.45, 7) is 0.864. The summed E-state index contributed by atoms with van der Waals surface area (Å²) in [5.41, 5.74) is 1.58. The largest absolute Gasteiger partial charge is 0.481 e. The third-order valence-corrected chi connectivity index (χ3v) is 4.06. The number of halogens is 1. The molecule has 1 unspecified atom stereocenters. The van der Waals surface area contributed by atoms with Gasteiger partial charge in [-0.2, -0.15) is 5.26 Å². The number of benzene rings is 1. The first-order chi connectivity index (χ1) is 9.11. The molecule has 0 aliphatic carbocycles. The number of carboxylic acid groups (broad SMARTS) is 1. The molecule has 0 bridgehead atoms. The van der Waals surface area contributed by atoms with Crippen molar-refractivity contribution in [3.05, 3.63) is 28.2 Å². The number of nitrogens with zero attached hydrogens (tertiary/aromatic N) is 2. The molecule has 1 atom stereocenters. The highest BCUT2D eigenvalue weighted by atomic mass is 79.9. The van der Waals surface area contributed by atoms with Crippen LogP contribution in [0, 0.1) is 11.3 Å². The molecule has 0 radical (unpaired) electrons. The van der Waals surface area contributed by atoms with Crippen molar-refractivity contribution in [2.75, 3.05) is 11.4 Å². The first-order valence-corrected chi connectivity index (χ1v) is 7.09. The van der Waals surface area contributed by atoms with Gasteiger partial charge in [-0.1, -0.05) is 0 Å². The van der Waals surface area contributed by atoms with Crippen molar-refractivity contribution in [1.29, 1.82) is 5.26 Å². The molecule has 1 N–H and O–H groups in total. The first-order valence-electron chi connectivity index (χ1n) is 6.30. The van der Waals surface area contributed by atoms with E-state index in [1.807, 2.05) is 6.07 Å². The van der Waals surface area contributed by atoms with Crippen molar-refractivity contribution >= 4 is 27.6 Å². The summed E-state index contributed by atoms with van der Waals surface area (Å²) in [5.74, 6) is -0.762. The number of piperidine rings is 1. The van der Waals surface area contributed by atoms with Gasteiger partial charge in [0.1, 0.15) is 0 Å². The van der Waals surface area contributed by atoms with Gasteiger partial charge in [-0.15, -0.1) is 0 Å². The van der Waals surface area contributed by atoms with E-state index in [1.165, 1.54) is 0 Å². The van der Waals surface area contributed by atoms with Crippen LogP contribution in [0.5, 0.6) is 0 Å². The van der Waals surface area contributed by atoms with E-state index >= 15 is 0 Å². The van der Waals surface area contributed by atoms with Gasteiger partial charge in [-0.05, 0) is 53.4 Å². The summed E-state index contributed by atoms with van der Waals surface area (Å²) in [5, 5.41) is 17.9. The molecule has 0 saturated carbocycles. The summed E-state index contributed by atoms with van der Waals surface area (Å²) in [6.07, 6.45) is 3.20. The molecule has 2 rings (SSSR count). The molecule has 1 aliphatic heterocycles. The second-order valence-corrected chi connectivity index (χ2v) is 5.57. The zero-order chi connectivity index (χ0) is 13.8. The first kappa shape index (κ1) is 13.9. The number of hydrogen-bond donors (Lipinski definition) is 1. The van der Waals surface area contributed by atoms with Gasteiger partial charge in [0.2, 0.25) is 0 Å². The smallest absolute Gasteiger partial charge is 0.305 e. The molecule has 19 heavy (non-hydrogen) atoms. The highest BCUT2D eigenvalue weighted by molar-refractivity contribution is 9.10. The summed E-state index contributed by atoms with van der Waals surface area (Å²) < 4.78 is 0.851. The van der Waals surface area contributed by atoms with E-state index < -0.39 is 5.97 Å². The minimum atomic E-state index is -0.762. The van der Waals surface area contributed by atoms with Crippen molar-refractivity contribution in [3.8, 4) is 6.07 Å². The number of carboxylic acids is 1. The predicted octanol–water partition coefficient (Wildman–Crippen LogP) is 3.15. The van der Waals surface area contributed by atoms with E-state index in [-0.39, 0.29) is 12.5 Å². The average molecular weight is 323 g/mol. The quantitative estimate of drug-likeness (QED) is 0.928. The van der Waals surface area contributed by atoms with Crippen LogP contribution in [0.15, 0.2) is 22.7 Å². The van der Waals surface area contributed by atoms with Crippen LogP contribution in [0.3, 0.4) is 0 Å². The summed E-state index contributed by atoms with van der Waals surface area (Å²) in [6, 6.07) is 7.58. The van der Waals surface area contributed by atoms with Gasteiger partial charge in [0, 0.05) is 17.1 Å². The minimum Gasteiger partial charge on any atom is -0.481 e. The fourth-order valence-corrected chi connectivity index (χ4v) is 3.15. The standard InChI is InChI=1S/C14H15BrN2O2/c15-12-7-10(9-16)4-5-13(12)17-6-2-1-3-11(17)8-14(18)19/h4-5,7,11H,1-3,6,8H2,(H,18,19). The number of aliphatic carboxylic acids is 1. The lowest BCUT2D eigenvalue weighted by Crippen LogP contribution is -2.41. The molecule has 1 fully saturated rings. The Kier molecular flexibility index (Phi) is 4.43. The van der Waals surface area contributed by atoms with Gasteiger partial charge >= 0.3 is 5.97 Å². The lowest BCUT2D eigenvalue weighted by molar-refractivity contribution is -0.137. The molecule has 4 nitrogen and oxygen atoms in total. The monoisotopic (exact) mass is 322 g/mol. The Morgan fingerprint density at radius 3 is 2.95 bits per heavy atom. The van der Waals surface area contributed by atoms with Gasteiger partial charge in [0.25, 0.3) is 0 Å². The highest BCUT2D eigenvalue weighted by Crippen LogP contribution is 2.33. The van der Waals surface area contributed by atoms with Crippen LogP contribution in [-0.2, 0) is 4.79 Å². The molecule has 1 saturated heterocycles. The Bertz CT molecular complexity index is 525. The normalized spacial score (nSPS) is 18.9. The molecule has 100 valence electrons. The number of hydrogen-bond acceptors (Lipinski definition) is 3. The summed E-state index contributed by atoms with van der Waals surface area (Å²) >= 11 is 3.48. The molecule has 0 spiro atoms. The summed E-state index contributed by atoms with van der Waals surface area (Å²) in [4.78, 5) is 13.1. The lowest BCUT2D eigenvalue weighted by Gasteiger charge is -2.37. The van der Waals surface area contributed by atoms with Crippen molar-refractivity contribution in [2.24, 2.45) is 0 Å². The van der Waals surface area contributed by atoms with Crippen LogP contribution in [0.25, 0.3) is 0 Å². The topological polar surface area (TPSA) is 64.3 Å². The van der Waals surface area contributed by atoms with Crippen molar-refractivity contribution < 1.29 is 9.90 Å². The van der Waals surface area contributed by atoms with Crippen LogP contribution in [-0.4, -0.2) is 23.7 Å². The molecule has 5 heteroatoms. The second-order valence-electron chi connectivity index (χ2n) is 4.72. The van der Waals surface area contributed by atoms with Gasteiger partial charge < -0.3 is 10.0 Å². The predicted molar refractivity (Wildman–Crippen MR) is 76.1 cm³/mol. The Morgan fingerprint density at radius 1 is 1.53 bits per heavy atom. The van der Waals surface area contributed by atoms with Gasteiger partial charge in [-0.25, -0.2) is 0 Å². The van der Waals surface area contributed by atoms with Crippen LogP contribution >= 0.6 is 15.9 Å². The van der Waals surface area contributed by atoms with Crippen molar-refractivity contribution in [2.45, 2.75) is 31.7 Å². The Labute approximate surface area is 120 Å². The molecule has 1 aromatic carbocycles. The van der Waals surface area contributed by atoms with Crippen LogP contribution in [0.2, 0.25) is 0 Å². The number of rotatable bonds is 3. The molecule has 0 aromatic heterocycles. The van der Waals surface area contributed by atoms with Crippen LogP contribution in [0.4, 0.5) is 5.69 Å². The molecule has 0 amide bonds. The van der Waals surface area contributed by atoms with E-state index in [9.17, 15) is 4.79 Å². The van der Waals surface area contributed by atoms with Crippen molar-refractivity contribution in [1.82, 2.24) is 0 Å².